The Hall–Kier alpha value is -3.54. The average molecular weight is 509 g/mol. The molecule has 2 aromatic rings. The molecule has 1 unspecified atom stereocenters. The lowest BCUT2D eigenvalue weighted by atomic mass is 10.0. The van der Waals surface area contributed by atoms with Crippen LogP contribution in [-0.4, -0.2) is 40.7 Å². The Morgan fingerprint density at radius 3 is 2.54 bits per heavy atom. The lowest BCUT2D eigenvalue weighted by Crippen LogP contribution is -2.51. The number of piperidine rings is 1. The fourth-order valence-corrected chi connectivity index (χ4v) is 4.06. The van der Waals surface area contributed by atoms with Crippen LogP contribution >= 0.6 is 11.8 Å². The van der Waals surface area contributed by atoms with Crippen LogP contribution in [0.25, 0.3) is 0 Å². The predicted molar refractivity (Wildman–Crippen MR) is 123 cm³/mol. The highest BCUT2D eigenvalue weighted by Gasteiger charge is 2.31. The topological polar surface area (TPSA) is 108 Å². The maximum atomic E-state index is 12.4. The van der Waals surface area contributed by atoms with Crippen molar-refractivity contribution < 1.29 is 32.3 Å². The van der Waals surface area contributed by atoms with Crippen molar-refractivity contribution in [1.82, 2.24) is 15.5 Å². The molecule has 3 N–H and O–H groups in total. The fraction of sp³-hybridized carbons (Fsp3) is 0.304. The number of hydrogen-bond acceptors (Lipinski definition) is 5. The van der Waals surface area contributed by atoms with E-state index < -0.39 is 23.5 Å². The number of carbonyl (C=O) groups is 4. The first-order valence-corrected chi connectivity index (χ1v) is 11.4. The van der Waals surface area contributed by atoms with Crippen LogP contribution in [0.5, 0.6) is 0 Å². The standard InChI is InChI=1S/C23H23F3N4O4S/c1-14-2-3-15(10-16(14)12-30(13-31)19-8-9-20(32)29-21(19)33)11-27-22(34)28-17-4-6-18(7-5-17)35-23(24,25)26/h2-7,10,13,19H,8-9,11-12H2,1H3,(H2,27,28,34)(H,29,32,33). The first-order valence-electron chi connectivity index (χ1n) is 10.6. The van der Waals surface area contributed by atoms with Gasteiger partial charge in [0.25, 0.3) is 0 Å². The number of aryl methyl sites for hydroxylation is 1. The molecule has 0 bridgehead atoms. The summed E-state index contributed by atoms with van der Waals surface area (Å²) in [5.74, 6) is -0.874. The summed E-state index contributed by atoms with van der Waals surface area (Å²) < 4.78 is 37.2. The molecule has 0 radical (unpaired) electrons. The molecule has 1 heterocycles. The molecule has 1 saturated heterocycles. The van der Waals surface area contributed by atoms with Crippen LogP contribution in [0.15, 0.2) is 47.4 Å². The first-order chi connectivity index (χ1) is 16.5. The minimum absolute atomic E-state index is 0.0114. The van der Waals surface area contributed by atoms with Crippen molar-refractivity contribution in [3.05, 3.63) is 59.2 Å². The molecular weight excluding hydrogens is 485 g/mol. The molecule has 0 aliphatic carbocycles. The van der Waals surface area contributed by atoms with Gasteiger partial charge >= 0.3 is 11.5 Å². The van der Waals surface area contributed by atoms with Crippen molar-refractivity contribution >= 4 is 41.7 Å². The summed E-state index contributed by atoms with van der Waals surface area (Å²) in [5, 5.41) is 7.46. The molecule has 0 saturated carbocycles. The number of benzene rings is 2. The van der Waals surface area contributed by atoms with Gasteiger partial charge in [0.05, 0.1) is 0 Å². The Morgan fingerprint density at radius 2 is 1.91 bits per heavy atom. The monoisotopic (exact) mass is 508 g/mol. The molecule has 0 spiro atoms. The molecule has 12 heteroatoms. The largest absolute Gasteiger partial charge is 0.446 e. The summed E-state index contributed by atoms with van der Waals surface area (Å²) in [6, 6.07) is 9.44. The Labute approximate surface area is 203 Å². The second-order valence-corrected chi connectivity index (χ2v) is 9.02. The Balaban J connectivity index is 1.57. The molecule has 1 fully saturated rings. The van der Waals surface area contributed by atoms with Crippen molar-refractivity contribution in [3.8, 4) is 0 Å². The predicted octanol–water partition coefficient (Wildman–Crippen LogP) is 3.69. The summed E-state index contributed by atoms with van der Waals surface area (Å²) in [5.41, 5.74) is -1.64. The molecule has 5 amide bonds. The molecule has 1 aliphatic rings. The molecule has 3 rings (SSSR count). The van der Waals surface area contributed by atoms with E-state index in [4.69, 9.17) is 0 Å². The van der Waals surface area contributed by atoms with Gasteiger partial charge in [0.15, 0.2) is 0 Å². The number of thioether (sulfide) groups is 1. The van der Waals surface area contributed by atoms with E-state index in [-0.39, 0.29) is 48.5 Å². The average Bonchev–Trinajstić information content (AvgIpc) is 2.78. The molecule has 35 heavy (non-hydrogen) atoms. The van der Waals surface area contributed by atoms with Crippen LogP contribution in [0.1, 0.15) is 29.5 Å². The Kier molecular flexibility index (Phi) is 8.39. The van der Waals surface area contributed by atoms with Crippen molar-refractivity contribution in [2.45, 2.75) is 49.3 Å². The number of carbonyl (C=O) groups excluding carboxylic acids is 4. The number of anilines is 1. The van der Waals surface area contributed by atoms with Crippen molar-refractivity contribution in [2.75, 3.05) is 5.32 Å². The van der Waals surface area contributed by atoms with Gasteiger partial charge in [-0.1, -0.05) is 18.2 Å². The number of hydrogen-bond donors (Lipinski definition) is 3. The molecular formula is C23H23F3N4O4S. The van der Waals surface area contributed by atoms with Crippen LogP contribution in [-0.2, 0) is 27.5 Å². The quantitative estimate of drug-likeness (QED) is 0.286. The second-order valence-electron chi connectivity index (χ2n) is 7.89. The van der Waals surface area contributed by atoms with Crippen LogP contribution in [0.3, 0.4) is 0 Å². The molecule has 0 aromatic heterocycles. The summed E-state index contributed by atoms with van der Waals surface area (Å²) >= 11 is -0.237. The lowest BCUT2D eigenvalue weighted by Gasteiger charge is -2.30. The molecule has 186 valence electrons. The molecule has 8 nitrogen and oxygen atoms in total. The van der Waals surface area contributed by atoms with Crippen molar-refractivity contribution in [3.63, 3.8) is 0 Å². The fourth-order valence-electron chi connectivity index (χ4n) is 3.52. The van der Waals surface area contributed by atoms with E-state index in [0.717, 1.165) is 16.7 Å². The van der Waals surface area contributed by atoms with Gasteiger partial charge in [-0.2, -0.15) is 13.2 Å². The number of alkyl halides is 3. The first kappa shape index (κ1) is 26.1. The van der Waals surface area contributed by atoms with E-state index in [1.165, 1.54) is 29.2 Å². The lowest BCUT2D eigenvalue weighted by molar-refractivity contribution is -0.141. The van der Waals surface area contributed by atoms with E-state index in [1.54, 1.807) is 12.1 Å². The number of halogens is 3. The highest BCUT2D eigenvalue weighted by atomic mass is 32.2. The smallest absolute Gasteiger partial charge is 0.334 e. The zero-order valence-corrected chi connectivity index (χ0v) is 19.5. The maximum Gasteiger partial charge on any atom is 0.446 e. The SMILES string of the molecule is Cc1ccc(CNC(=O)Nc2ccc(SC(F)(F)F)cc2)cc1CN(C=O)C1CCC(=O)NC1=O. The van der Waals surface area contributed by atoms with Gasteiger partial charge in [-0.25, -0.2) is 4.79 Å². The normalized spacial score (nSPS) is 15.8. The third kappa shape index (κ3) is 7.74. The number of nitrogens with zero attached hydrogens (tertiary/aromatic N) is 1. The van der Waals surface area contributed by atoms with Crippen LogP contribution in [0, 0.1) is 6.92 Å². The van der Waals surface area contributed by atoms with Crippen LogP contribution in [0.2, 0.25) is 0 Å². The number of amides is 5. The van der Waals surface area contributed by atoms with E-state index in [0.29, 0.717) is 12.1 Å². The highest BCUT2D eigenvalue weighted by molar-refractivity contribution is 8.00. The molecule has 1 atom stereocenters. The van der Waals surface area contributed by atoms with E-state index in [9.17, 15) is 32.3 Å². The van der Waals surface area contributed by atoms with Crippen LogP contribution in [0.4, 0.5) is 23.7 Å². The summed E-state index contributed by atoms with van der Waals surface area (Å²) in [6.07, 6.45) is 0.985. The zero-order valence-electron chi connectivity index (χ0n) is 18.6. The second kappa shape index (κ2) is 11.3. The minimum atomic E-state index is -4.39. The summed E-state index contributed by atoms with van der Waals surface area (Å²) in [6.45, 7) is 2.16. The minimum Gasteiger partial charge on any atom is -0.334 e. The molecule has 2 aromatic carbocycles. The van der Waals surface area contributed by atoms with Gasteiger partial charge in [-0.05, 0) is 66.1 Å². The number of urea groups is 1. The van der Waals surface area contributed by atoms with E-state index in [2.05, 4.69) is 16.0 Å². The number of nitrogens with one attached hydrogen (secondary N) is 3. The van der Waals surface area contributed by atoms with E-state index in [1.807, 2.05) is 13.0 Å². The summed E-state index contributed by atoms with van der Waals surface area (Å²) in [7, 11) is 0. The summed E-state index contributed by atoms with van der Waals surface area (Å²) in [4.78, 5) is 48.7. The van der Waals surface area contributed by atoms with Gasteiger partial charge in [0.1, 0.15) is 6.04 Å². The van der Waals surface area contributed by atoms with E-state index >= 15 is 0 Å². The van der Waals surface area contributed by atoms with Crippen molar-refractivity contribution in [1.29, 1.82) is 0 Å². The van der Waals surface area contributed by atoms with Gasteiger partial charge in [0.2, 0.25) is 18.2 Å². The number of rotatable bonds is 8. The molecule has 1 aliphatic heterocycles. The number of imide groups is 1. The van der Waals surface area contributed by atoms with Gasteiger partial charge in [-0.3, -0.25) is 19.7 Å². The Morgan fingerprint density at radius 1 is 1.20 bits per heavy atom. The zero-order chi connectivity index (χ0) is 25.6. The third-order valence-electron chi connectivity index (χ3n) is 5.31. The third-order valence-corrected chi connectivity index (χ3v) is 6.05. The van der Waals surface area contributed by atoms with Crippen LogP contribution < -0.4 is 16.0 Å². The van der Waals surface area contributed by atoms with Crippen molar-refractivity contribution in [2.24, 2.45) is 0 Å². The van der Waals surface area contributed by atoms with Gasteiger partial charge in [-0.15, -0.1) is 0 Å². The maximum absolute atomic E-state index is 12.4. The van der Waals surface area contributed by atoms with Gasteiger partial charge in [0, 0.05) is 30.1 Å². The Bertz CT molecular complexity index is 1110. The van der Waals surface area contributed by atoms with Gasteiger partial charge < -0.3 is 15.5 Å². The highest BCUT2D eigenvalue weighted by Crippen LogP contribution is 2.37.